The van der Waals surface area contributed by atoms with Crippen molar-refractivity contribution in [3.63, 3.8) is 0 Å². The molecule has 0 aliphatic carbocycles. The summed E-state index contributed by atoms with van der Waals surface area (Å²) in [6, 6.07) is 46.3. The van der Waals surface area contributed by atoms with Crippen molar-refractivity contribution in [2.24, 2.45) is 10.8 Å². The van der Waals surface area contributed by atoms with E-state index in [-0.39, 0.29) is 21.7 Å². The molecule has 60 heavy (non-hydrogen) atoms. The molecule has 306 valence electrons. The molecule has 0 aliphatic rings. The minimum atomic E-state index is 0.0809. The van der Waals surface area contributed by atoms with E-state index in [1.165, 1.54) is 77.5 Å². The minimum absolute atomic E-state index is 0.0809. The molecule has 0 fully saturated rings. The number of imidazole rings is 1. The maximum atomic E-state index is 5.09. The Hall–Kier alpha value is -5.47. The predicted octanol–water partition coefficient (Wildman–Crippen LogP) is 16.7. The Bertz CT molecular complexity index is 2770. The summed E-state index contributed by atoms with van der Waals surface area (Å²) >= 11 is 0. The SMILES string of the molecule is Cc1cc(C)c(-c2cnc3c4ccccc4c4cc(-c5cc(-c6ccc(C(C)(C)CC(C)(C)C)cc6)cc(-c6ccc(C(C)(C)CC(C)(C)C)cc6)c5)ccc4n23)c(C)c1. The maximum absolute atomic E-state index is 5.09. The zero-order chi connectivity index (χ0) is 42.9. The van der Waals surface area contributed by atoms with E-state index < -0.39 is 0 Å². The van der Waals surface area contributed by atoms with Gasteiger partial charge in [0.05, 0.1) is 17.4 Å². The first-order valence-corrected chi connectivity index (χ1v) is 22.0. The Kier molecular flexibility index (Phi) is 10.3. The van der Waals surface area contributed by atoms with Gasteiger partial charge < -0.3 is 0 Å². The molecule has 2 heteroatoms. The highest BCUT2D eigenvalue weighted by molar-refractivity contribution is 6.13. The van der Waals surface area contributed by atoms with Crippen LogP contribution in [0.1, 0.15) is 110 Å². The number of benzene rings is 6. The van der Waals surface area contributed by atoms with Crippen LogP contribution in [-0.2, 0) is 10.8 Å². The van der Waals surface area contributed by atoms with E-state index in [1.54, 1.807) is 0 Å². The normalized spacial score (nSPS) is 12.9. The molecular formula is C58H64N2. The molecule has 0 spiro atoms. The van der Waals surface area contributed by atoms with Crippen LogP contribution >= 0.6 is 0 Å². The van der Waals surface area contributed by atoms with E-state index in [0.717, 1.165) is 35.1 Å². The molecule has 8 aromatic rings. The molecule has 0 N–H and O–H groups in total. The van der Waals surface area contributed by atoms with Crippen LogP contribution in [0.4, 0.5) is 0 Å². The third-order valence-corrected chi connectivity index (χ3v) is 12.6. The molecule has 0 unspecified atom stereocenters. The van der Waals surface area contributed by atoms with Crippen molar-refractivity contribution < 1.29 is 0 Å². The van der Waals surface area contributed by atoms with Crippen LogP contribution in [-0.4, -0.2) is 9.38 Å². The summed E-state index contributed by atoms with van der Waals surface area (Å²) in [5.74, 6) is 0. The Morgan fingerprint density at radius 2 is 0.900 bits per heavy atom. The fraction of sp³-hybridized carbons (Fsp3) is 0.328. The van der Waals surface area contributed by atoms with Crippen molar-refractivity contribution >= 4 is 27.3 Å². The number of pyridine rings is 1. The summed E-state index contributed by atoms with van der Waals surface area (Å²) in [4.78, 5) is 5.09. The zero-order valence-electron chi connectivity index (χ0n) is 38.4. The van der Waals surface area contributed by atoms with E-state index in [4.69, 9.17) is 4.98 Å². The highest BCUT2D eigenvalue weighted by Crippen LogP contribution is 2.42. The average molecular weight is 789 g/mol. The second-order valence-electron chi connectivity index (χ2n) is 21.6. The number of rotatable bonds is 8. The van der Waals surface area contributed by atoms with Crippen LogP contribution < -0.4 is 0 Å². The molecule has 2 nitrogen and oxygen atoms in total. The molecule has 0 atom stereocenters. The summed E-state index contributed by atoms with van der Waals surface area (Å²) in [6.07, 6.45) is 4.31. The van der Waals surface area contributed by atoms with Gasteiger partial charge in [0.1, 0.15) is 5.65 Å². The van der Waals surface area contributed by atoms with Crippen molar-refractivity contribution in [2.45, 2.75) is 114 Å². The van der Waals surface area contributed by atoms with Gasteiger partial charge in [-0.3, -0.25) is 4.40 Å². The van der Waals surface area contributed by atoms with Gasteiger partial charge in [-0.25, -0.2) is 4.98 Å². The number of aromatic nitrogens is 2. The summed E-state index contributed by atoms with van der Waals surface area (Å²) in [6.45, 7) is 30.2. The van der Waals surface area contributed by atoms with Crippen LogP contribution in [0.5, 0.6) is 0 Å². The summed E-state index contributed by atoms with van der Waals surface area (Å²) in [5, 5.41) is 3.60. The van der Waals surface area contributed by atoms with Gasteiger partial charge in [-0.05, 0) is 147 Å². The number of aryl methyl sites for hydroxylation is 3. The smallest absolute Gasteiger partial charge is 0.145 e. The van der Waals surface area contributed by atoms with E-state index in [9.17, 15) is 0 Å². The van der Waals surface area contributed by atoms with Crippen LogP contribution in [0.3, 0.4) is 0 Å². The average Bonchev–Trinajstić information content (AvgIpc) is 3.60. The van der Waals surface area contributed by atoms with Gasteiger partial charge >= 0.3 is 0 Å². The maximum Gasteiger partial charge on any atom is 0.145 e. The summed E-state index contributed by atoms with van der Waals surface area (Å²) in [5.41, 5.74) is 19.1. The third-order valence-electron chi connectivity index (χ3n) is 12.6. The fourth-order valence-electron chi connectivity index (χ4n) is 10.8. The monoisotopic (exact) mass is 789 g/mol. The second-order valence-corrected chi connectivity index (χ2v) is 21.6. The molecule has 0 amide bonds. The van der Waals surface area contributed by atoms with Gasteiger partial charge in [-0.15, -0.1) is 0 Å². The van der Waals surface area contributed by atoms with Gasteiger partial charge in [0.2, 0.25) is 0 Å². The molecule has 2 aromatic heterocycles. The van der Waals surface area contributed by atoms with E-state index in [2.05, 4.69) is 222 Å². The first-order valence-electron chi connectivity index (χ1n) is 22.0. The fourth-order valence-corrected chi connectivity index (χ4v) is 10.8. The minimum Gasteiger partial charge on any atom is -0.292 e. The van der Waals surface area contributed by atoms with Crippen LogP contribution in [0.25, 0.3) is 72.0 Å². The lowest BCUT2D eigenvalue weighted by Crippen LogP contribution is -2.24. The third kappa shape index (κ3) is 8.06. The second kappa shape index (κ2) is 14.9. The molecule has 6 aromatic carbocycles. The quantitative estimate of drug-likeness (QED) is 0.140. The predicted molar refractivity (Wildman–Crippen MR) is 260 cm³/mol. The standard InChI is InChI=1S/C58H64N2/c1-37-28-38(2)53(39(3)29-37)52-34-59-54-49-17-15-14-16-48(49)50-33-42(22-27-51(50)60(52)54)45-31-43(40-18-23-46(24-19-40)57(10,11)35-55(4,5)6)30-44(32-45)41-20-25-47(26-21-41)58(12,13)36-56(7,8)9/h14-34H,35-36H2,1-13H3. The van der Waals surface area contributed by atoms with Gasteiger partial charge in [-0.2, -0.15) is 0 Å². The van der Waals surface area contributed by atoms with Gasteiger partial charge in [0.15, 0.2) is 0 Å². The highest BCUT2D eigenvalue weighted by atomic mass is 15.0. The van der Waals surface area contributed by atoms with E-state index in [0.29, 0.717) is 0 Å². The molecule has 0 saturated heterocycles. The largest absolute Gasteiger partial charge is 0.292 e. The number of nitrogens with zero attached hydrogens (tertiary/aromatic N) is 2. The highest BCUT2D eigenvalue weighted by Gasteiger charge is 2.28. The lowest BCUT2D eigenvalue weighted by atomic mass is 9.72. The first-order chi connectivity index (χ1) is 28.2. The molecule has 0 radical (unpaired) electrons. The van der Waals surface area contributed by atoms with Crippen LogP contribution in [0.15, 0.2) is 128 Å². The lowest BCUT2D eigenvalue weighted by molar-refractivity contribution is 0.283. The van der Waals surface area contributed by atoms with Crippen LogP contribution in [0, 0.1) is 31.6 Å². The van der Waals surface area contributed by atoms with Crippen LogP contribution in [0.2, 0.25) is 0 Å². The van der Waals surface area contributed by atoms with Crippen molar-refractivity contribution in [2.75, 3.05) is 0 Å². The Morgan fingerprint density at radius 3 is 1.38 bits per heavy atom. The zero-order valence-corrected chi connectivity index (χ0v) is 38.4. The van der Waals surface area contributed by atoms with E-state index in [1.807, 2.05) is 0 Å². The topological polar surface area (TPSA) is 17.3 Å². The number of hydrogen-bond donors (Lipinski definition) is 0. The molecule has 8 rings (SSSR count). The number of fused-ring (bicyclic) bond motifs is 6. The lowest BCUT2D eigenvalue weighted by Gasteiger charge is -2.33. The van der Waals surface area contributed by atoms with Crippen molar-refractivity contribution in [3.05, 3.63) is 155 Å². The Balaban J connectivity index is 1.30. The molecule has 0 aliphatic heterocycles. The van der Waals surface area contributed by atoms with Gasteiger partial charge in [0.25, 0.3) is 0 Å². The molecule has 0 saturated carbocycles. The van der Waals surface area contributed by atoms with Crippen molar-refractivity contribution in [1.82, 2.24) is 9.38 Å². The van der Waals surface area contributed by atoms with Gasteiger partial charge in [-0.1, -0.05) is 166 Å². The molecular weight excluding hydrogens is 725 g/mol. The van der Waals surface area contributed by atoms with Crippen molar-refractivity contribution in [1.29, 1.82) is 0 Å². The Labute approximate surface area is 359 Å². The molecule has 0 bridgehead atoms. The number of hydrogen-bond acceptors (Lipinski definition) is 1. The Morgan fingerprint density at radius 1 is 0.450 bits per heavy atom. The summed E-state index contributed by atoms with van der Waals surface area (Å²) in [7, 11) is 0. The molecule has 2 heterocycles. The summed E-state index contributed by atoms with van der Waals surface area (Å²) < 4.78 is 2.39. The van der Waals surface area contributed by atoms with Crippen molar-refractivity contribution in [3.8, 4) is 44.6 Å². The first kappa shape index (κ1) is 41.3. The van der Waals surface area contributed by atoms with Gasteiger partial charge in [0, 0.05) is 16.3 Å². The van der Waals surface area contributed by atoms with E-state index >= 15 is 0 Å².